The van der Waals surface area contributed by atoms with Crippen molar-refractivity contribution in [1.82, 2.24) is 0 Å². The minimum atomic E-state index is -7.70. The number of carbonyl (C=O) groups is 1. The van der Waals surface area contributed by atoms with Crippen molar-refractivity contribution in [1.29, 1.82) is 0 Å². The van der Waals surface area contributed by atoms with Crippen molar-refractivity contribution in [2.75, 3.05) is 0 Å². The minimum absolute atomic E-state index is 0.145. The highest BCUT2D eigenvalue weighted by Gasteiger charge is 2.88. The first-order valence-electron chi connectivity index (χ1n) is 7.06. The fourth-order valence-electron chi connectivity index (χ4n) is 1.71. The van der Waals surface area contributed by atoms with Crippen LogP contribution in [0.5, 0.6) is 0 Å². The number of alkyl halides is 11. The molecule has 0 saturated heterocycles. The molecule has 0 aliphatic rings. The summed E-state index contributed by atoms with van der Waals surface area (Å²) in [6, 6.07) is 4.70. The molecule has 0 bridgehead atoms. The number of aryl methyl sites for hydroxylation is 1. The summed E-state index contributed by atoms with van der Waals surface area (Å²) in [6.45, 7) is 1.54. The van der Waals surface area contributed by atoms with Crippen molar-refractivity contribution in [3.63, 3.8) is 0 Å². The number of carboxylic acids is 1. The van der Waals surface area contributed by atoms with E-state index in [1.54, 1.807) is 6.92 Å². The van der Waals surface area contributed by atoms with Gasteiger partial charge in [0.25, 0.3) is 0 Å². The third kappa shape index (κ3) is 4.40. The summed E-state index contributed by atoms with van der Waals surface area (Å²) in [6.07, 6.45) is -14.0. The van der Waals surface area contributed by atoms with Gasteiger partial charge in [0.05, 0.1) is 0 Å². The lowest BCUT2D eigenvalue weighted by molar-refractivity contribution is -0.451. The Labute approximate surface area is 154 Å². The molecule has 0 saturated carbocycles. The summed E-state index contributed by atoms with van der Waals surface area (Å²) < 4.78 is 145. The maximum atomic E-state index is 13.5. The molecular formula is C15H9F11O3. The Bertz CT molecular complexity index is 780. The Kier molecular flexibility index (Phi) is 6.23. The number of ether oxygens (including phenoxy) is 1. The smallest absolute Gasteiger partial charge is 0.471 e. The summed E-state index contributed by atoms with van der Waals surface area (Å²) in [5.41, 5.74) is 0.297. The molecule has 0 amide bonds. The standard InChI is InChI=1S/C15H9F11O3/c1-7-2-4-8(5-3-7)6-9(10(27)28)29-15(25,26)13(20,21)11(16,17)12(18,19)14(22,23)24/h2-6H,1H3,(H,27,28). The number of benzene rings is 1. The van der Waals surface area contributed by atoms with Crippen LogP contribution in [0.4, 0.5) is 48.3 Å². The molecule has 0 aromatic heterocycles. The van der Waals surface area contributed by atoms with Crippen LogP contribution >= 0.6 is 0 Å². The summed E-state index contributed by atoms with van der Waals surface area (Å²) in [7, 11) is 0. The van der Waals surface area contributed by atoms with Crippen LogP contribution in [0.15, 0.2) is 30.0 Å². The fraction of sp³-hybridized carbons (Fsp3) is 0.400. The number of aliphatic carboxylic acids is 1. The van der Waals surface area contributed by atoms with Gasteiger partial charge in [-0.25, -0.2) is 4.79 Å². The zero-order valence-electron chi connectivity index (χ0n) is 13.8. The fourth-order valence-corrected chi connectivity index (χ4v) is 1.71. The van der Waals surface area contributed by atoms with Gasteiger partial charge >= 0.3 is 36.0 Å². The molecule has 0 unspecified atom stereocenters. The molecule has 0 spiro atoms. The van der Waals surface area contributed by atoms with Crippen LogP contribution in [0.2, 0.25) is 0 Å². The number of rotatable bonds is 7. The van der Waals surface area contributed by atoms with Gasteiger partial charge < -0.3 is 9.84 Å². The van der Waals surface area contributed by atoms with Gasteiger partial charge in [-0.2, -0.15) is 48.3 Å². The normalized spacial score (nSPS) is 14.7. The van der Waals surface area contributed by atoms with Gasteiger partial charge in [0.2, 0.25) is 5.76 Å². The second-order valence-corrected chi connectivity index (χ2v) is 5.56. The Morgan fingerprint density at radius 3 is 1.66 bits per heavy atom. The second kappa shape index (κ2) is 7.37. The monoisotopic (exact) mass is 446 g/mol. The topological polar surface area (TPSA) is 46.5 Å². The summed E-state index contributed by atoms with van der Waals surface area (Å²) in [5, 5.41) is 8.72. The van der Waals surface area contributed by atoms with E-state index in [0.717, 1.165) is 12.1 Å². The van der Waals surface area contributed by atoms with Crippen LogP contribution in [-0.4, -0.2) is 41.1 Å². The van der Waals surface area contributed by atoms with Crippen LogP contribution in [0.3, 0.4) is 0 Å². The van der Waals surface area contributed by atoms with Gasteiger partial charge in [-0.1, -0.05) is 29.8 Å². The quantitative estimate of drug-likeness (QED) is 0.342. The highest BCUT2D eigenvalue weighted by Crippen LogP contribution is 2.57. The molecular weight excluding hydrogens is 437 g/mol. The molecule has 3 nitrogen and oxygen atoms in total. The third-order valence-electron chi connectivity index (χ3n) is 3.33. The maximum absolute atomic E-state index is 13.5. The van der Waals surface area contributed by atoms with Gasteiger partial charge in [0, 0.05) is 0 Å². The summed E-state index contributed by atoms with van der Waals surface area (Å²) >= 11 is 0. The predicted octanol–water partition coefficient (Wildman–Crippen LogP) is 5.50. The van der Waals surface area contributed by atoms with Crippen LogP contribution in [-0.2, 0) is 9.53 Å². The first-order valence-corrected chi connectivity index (χ1v) is 7.06. The van der Waals surface area contributed by atoms with Crippen molar-refractivity contribution < 1.29 is 62.9 Å². The summed E-state index contributed by atoms with van der Waals surface area (Å²) in [5.74, 6) is -27.4. The summed E-state index contributed by atoms with van der Waals surface area (Å²) in [4.78, 5) is 10.9. The molecule has 164 valence electrons. The zero-order valence-corrected chi connectivity index (χ0v) is 13.8. The predicted molar refractivity (Wildman–Crippen MR) is 73.7 cm³/mol. The molecule has 0 aliphatic carbocycles. The number of hydrogen-bond donors (Lipinski definition) is 1. The van der Waals surface area contributed by atoms with Crippen LogP contribution in [0, 0.1) is 6.92 Å². The van der Waals surface area contributed by atoms with Crippen LogP contribution < -0.4 is 0 Å². The molecule has 29 heavy (non-hydrogen) atoms. The molecule has 1 aromatic carbocycles. The van der Waals surface area contributed by atoms with Crippen LogP contribution in [0.25, 0.3) is 6.08 Å². The Morgan fingerprint density at radius 2 is 1.28 bits per heavy atom. The highest BCUT2D eigenvalue weighted by atomic mass is 19.4. The first kappa shape index (κ1) is 24.5. The van der Waals surface area contributed by atoms with Gasteiger partial charge in [-0.05, 0) is 18.6 Å². The van der Waals surface area contributed by atoms with E-state index in [4.69, 9.17) is 5.11 Å². The zero-order chi connectivity index (χ0) is 23.1. The molecule has 0 atom stereocenters. The number of hydrogen-bond acceptors (Lipinski definition) is 2. The van der Waals surface area contributed by atoms with E-state index in [0.29, 0.717) is 5.56 Å². The van der Waals surface area contributed by atoms with E-state index in [9.17, 15) is 53.1 Å². The van der Waals surface area contributed by atoms with E-state index in [1.807, 2.05) is 0 Å². The average molecular weight is 446 g/mol. The van der Waals surface area contributed by atoms with Crippen molar-refractivity contribution in [2.45, 2.75) is 37.0 Å². The SMILES string of the molecule is Cc1ccc(C=C(OC(F)(F)C(F)(F)C(F)(F)C(F)(F)C(F)(F)F)C(=O)O)cc1. The lowest BCUT2D eigenvalue weighted by Crippen LogP contribution is -2.66. The molecule has 0 heterocycles. The third-order valence-corrected chi connectivity index (χ3v) is 3.33. The first-order chi connectivity index (χ1) is 12.8. The molecule has 0 radical (unpaired) electrons. The van der Waals surface area contributed by atoms with Crippen molar-refractivity contribution >= 4 is 12.0 Å². The Balaban J connectivity index is 3.39. The van der Waals surface area contributed by atoms with Crippen molar-refractivity contribution in [2.24, 2.45) is 0 Å². The van der Waals surface area contributed by atoms with E-state index in [2.05, 4.69) is 4.74 Å². The van der Waals surface area contributed by atoms with Crippen molar-refractivity contribution in [3.05, 3.63) is 41.2 Å². The minimum Gasteiger partial charge on any atom is -0.475 e. The second-order valence-electron chi connectivity index (χ2n) is 5.56. The highest BCUT2D eigenvalue weighted by molar-refractivity contribution is 5.89. The molecule has 1 rings (SSSR count). The lowest BCUT2D eigenvalue weighted by atomic mass is 10.0. The van der Waals surface area contributed by atoms with Crippen molar-refractivity contribution in [3.8, 4) is 0 Å². The van der Waals surface area contributed by atoms with Gasteiger partial charge in [-0.15, -0.1) is 0 Å². The lowest BCUT2D eigenvalue weighted by Gasteiger charge is -2.36. The molecule has 1 aromatic rings. The average Bonchev–Trinajstić information content (AvgIpc) is 2.54. The van der Waals surface area contributed by atoms with Gasteiger partial charge in [0.1, 0.15) is 0 Å². The molecule has 0 fully saturated rings. The largest absolute Gasteiger partial charge is 0.475 e. The molecule has 0 aliphatic heterocycles. The molecule has 1 N–H and O–H groups in total. The van der Waals surface area contributed by atoms with E-state index >= 15 is 0 Å². The van der Waals surface area contributed by atoms with E-state index < -0.39 is 41.8 Å². The Hall–Kier alpha value is -2.54. The van der Waals surface area contributed by atoms with E-state index in [1.165, 1.54) is 12.1 Å². The Morgan fingerprint density at radius 1 is 0.828 bits per heavy atom. The number of halogens is 11. The number of carboxylic acid groups (broad SMARTS) is 1. The maximum Gasteiger partial charge on any atom is 0.471 e. The van der Waals surface area contributed by atoms with Gasteiger partial charge in [-0.3, -0.25) is 0 Å². The van der Waals surface area contributed by atoms with Gasteiger partial charge in [0.15, 0.2) is 0 Å². The molecule has 14 heteroatoms. The van der Waals surface area contributed by atoms with Crippen LogP contribution in [0.1, 0.15) is 11.1 Å². The van der Waals surface area contributed by atoms with E-state index in [-0.39, 0.29) is 11.6 Å².